The van der Waals surface area contributed by atoms with Gasteiger partial charge in [-0.25, -0.2) is 0 Å². The Bertz CT molecular complexity index is 599. The average Bonchev–Trinajstić information content (AvgIpc) is 2.92. The summed E-state index contributed by atoms with van der Waals surface area (Å²) >= 11 is 7.05. The Labute approximate surface area is 132 Å². The number of hydrogen-bond donors (Lipinski definition) is 1. The predicted molar refractivity (Wildman–Crippen MR) is 83.3 cm³/mol. The molecule has 0 aliphatic rings. The minimum atomic E-state index is -0.0417. The summed E-state index contributed by atoms with van der Waals surface area (Å²) in [5.41, 5.74) is 0.794. The number of carbonyl (C=O) groups is 1. The minimum Gasteiger partial charge on any atom is -0.411 e. The zero-order chi connectivity index (χ0) is 15.2. The van der Waals surface area contributed by atoms with E-state index in [2.05, 4.69) is 15.5 Å². The van der Waals surface area contributed by atoms with Gasteiger partial charge in [-0.1, -0.05) is 37.2 Å². The van der Waals surface area contributed by atoms with Crippen molar-refractivity contribution in [2.24, 2.45) is 5.92 Å². The lowest BCUT2D eigenvalue weighted by molar-refractivity contribution is -0.118. The summed E-state index contributed by atoms with van der Waals surface area (Å²) < 4.78 is 5.50. The van der Waals surface area contributed by atoms with Gasteiger partial charge in [0.2, 0.25) is 11.8 Å². The predicted octanol–water partition coefficient (Wildman–Crippen LogP) is 3.25. The van der Waals surface area contributed by atoms with Crippen molar-refractivity contribution in [1.82, 2.24) is 15.5 Å². The molecule has 0 radical (unpaired) electrons. The molecule has 0 spiro atoms. The zero-order valence-electron chi connectivity index (χ0n) is 11.8. The second kappa shape index (κ2) is 7.47. The summed E-state index contributed by atoms with van der Waals surface area (Å²) in [6.07, 6.45) is 0. The topological polar surface area (TPSA) is 68.0 Å². The Morgan fingerprint density at radius 3 is 2.71 bits per heavy atom. The largest absolute Gasteiger partial charge is 0.411 e. The van der Waals surface area contributed by atoms with Crippen LogP contribution < -0.4 is 5.32 Å². The molecule has 21 heavy (non-hydrogen) atoms. The fraction of sp³-hybridized carbons (Fsp3) is 0.357. The first-order chi connectivity index (χ1) is 10.0. The first kappa shape index (κ1) is 15.9. The van der Waals surface area contributed by atoms with E-state index in [1.54, 1.807) is 24.3 Å². The van der Waals surface area contributed by atoms with Crippen molar-refractivity contribution < 1.29 is 9.21 Å². The maximum atomic E-state index is 11.6. The number of hydrogen-bond acceptors (Lipinski definition) is 5. The van der Waals surface area contributed by atoms with Gasteiger partial charge in [0.05, 0.1) is 5.75 Å². The molecule has 0 bridgehead atoms. The molecule has 112 valence electrons. The summed E-state index contributed by atoms with van der Waals surface area (Å²) in [7, 11) is 0. The summed E-state index contributed by atoms with van der Waals surface area (Å²) in [6, 6.07) is 7.12. The van der Waals surface area contributed by atoms with Crippen LogP contribution in [0, 0.1) is 5.92 Å². The summed E-state index contributed by atoms with van der Waals surface area (Å²) in [4.78, 5) is 11.6. The highest BCUT2D eigenvalue weighted by atomic mass is 35.5. The van der Waals surface area contributed by atoms with Gasteiger partial charge in [-0.05, 0) is 30.2 Å². The van der Waals surface area contributed by atoms with Crippen LogP contribution in [0.1, 0.15) is 13.8 Å². The Balaban J connectivity index is 1.88. The molecule has 5 nitrogen and oxygen atoms in total. The van der Waals surface area contributed by atoms with E-state index >= 15 is 0 Å². The zero-order valence-corrected chi connectivity index (χ0v) is 13.4. The molecule has 0 atom stereocenters. The SMILES string of the molecule is CC(C)CNC(=O)CSc1nnc(-c2ccc(Cl)cc2)o1. The van der Waals surface area contributed by atoms with Crippen molar-refractivity contribution in [1.29, 1.82) is 0 Å². The molecule has 0 unspecified atom stereocenters. The number of aromatic nitrogens is 2. The Hall–Kier alpha value is -1.53. The van der Waals surface area contributed by atoms with Crippen molar-refractivity contribution in [3.63, 3.8) is 0 Å². The average molecular weight is 326 g/mol. The Morgan fingerprint density at radius 2 is 2.05 bits per heavy atom. The summed E-state index contributed by atoms with van der Waals surface area (Å²) in [5, 5.41) is 11.7. The van der Waals surface area contributed by atoms with Gasteiger partial charge in [-0.15, -0.1) is 10.2 Å². The van der Waals surface area contributed by atoms with E-state index in [9.17, 15) is 4.79 Å². The van der Waals surface area contributed by atoms with Crippen LogP contribution in [0.3, 0.4) is 0 Å². The standard InChI is InChI=1S/C14H16ClN3O2S/c1-9(2)7-16-12(19)8-21-14-18-17-13(20-14)10-3-5-11(15)6-4-10/h3-6,9H,7-8H2,1-2H3,(H,16,19). The Morgan fingerprint density at radius 1 is 1.33 bits per heavy atom. The van der Waals surface area contributed by atoms with Crippen molar-refractivity contribution in [2.75, 3.05) is 12.3 Å². The van der Waals surface area contributed by atoms with Crippen LogP contribution in [0.25, 0.3) is 11.5 Å². The van der Waals surface area contributed by atoms with Crippen LogP contribution in [0.4, 0.5) is 0 Å². The van der Waals surface area contributed by atoms with E-state index in [1.165, 1.54) is 11.8 Å². The molecule has 1 heterocycles. The maximum absolute atomic E-state index is 11.6. The number of nitrogens with one attached hydrogen (secondary N) is 1. The molecule has 0 saturated heterocycles. The third-order valence-corrected chi connectivity index (χ3v) is 3.60. The lowest BCUT2D eigenvalue weighted by Crippen LogP contribution is -2.28. The normalized spacial score (nSPS) is 10.9. The summed E-state index contributed by atoms with van der Waals surface area (Å²) in [6.45, 7) is 4.76. The third kappa shape index (κ3) is 5.06. The molecule has 0 aliphatic carbocycles. The van der Waals surface area contributed by atoms with Gasteiger partial charge in [-0.2, -0.15) is 0 Å². The fourth-order valence-corrected chi connectivity index (χ4v) is 2.19. The highest BCUT2D eigenvalue weighted by molar-refractivity contribution is 7.99. The molecule has 1 aromatic heterocycles. The van der Waals surface area contributed by atoms with Crippen LogP contribution >= 0.6 is 23.4 Å². The molecule has 1 N–H and O–H groups in total. The van der Waals surface area contributed by atoms with Crippen LogP contribution in [0.5, 0.6) is 0 Å². The highest BCUT2D eigenvalue weighted by Gasteiger charge is 2.11. The number of amides is 1. The second-order valence-corrected chi connectivity index (χ2v) is 6.23. The molecule has 1 amide bonds. The van der Waals surface area contributed by atoms with Crippen molar-refractivity contribution in [3.8, 4) is 11.5 Å². The summed E-state index contributed by atoms with van der Waals surface area (Å²) in [5.74, 6) is 1.06. The molecule has 2 aromatic rings. The molecule has 0 saturated carbocycles. The van der Waals surface area contributed by atoms with Gasteiger partial charge in [0.15, 0.2) is 0 Å². The van der Waals surface area contributed by atoms with Gasteiger partial charge in [0.25, 0.3) is 5.22 Å². The van der Waals surface area contributed by atoms with Gasteiger partial charge in [0, 0.05) is 17.1 Å². The lowest BCUT2D eigenvalue weighted by Gasteiger charge is -2.05. The van der Waals surface area contributed by atoms with Crippen molar-refractivity contribution in [3.05, 3.63) is 29.3 Å². The molecule has 1 aromatic carbocycles. The fourth-order valence-electron chi connectivity index (χ4n) is 1.47. The van der Waals surface area contributed by atoms with E-state index in [1.807, 2.05) is 13.8 Å². The molecule has 2 rings (SSSR count). The van der Waals surface area contributed by atoms with Crippen LogP contribution in [0.15, 0.2) is 33.9 Å². The number of carbonyl (C=O) groups excluding carboxylic acids is 1. The molecule has 0 fully saturated rings. The van der Waals surface area contributed by atoms with E-state index in [0.29, 0.717) is 28.6 Å². The highest BCUT2D eigenvalue weighted by Crippen LogP contribution is 2.24. The molecule has 0 aliphatic heterocycles. The van der Waals surface area contributed by atoms with Crippen LogP contribution in [0.2, 0.25) is 5.02 Å². The van der Waals surface area contributed by atoms with Crippen molar-refractivity contribution in [2.45, 2.75) is 19.1 Å². The van der Waals surface area contributed by atoms with E-state index < -0.39 is 0 Å². The Kier molecular flexibility index (Phi) is 5.64. The quantitative estimate of drug-likeness (QED) is 0.826. The number of halogens is 1. The molecular weight excluding hydrogens is 310 g/mol. The van der Waals surface area contributed by atoms with Gasteiger partial charge in [-0.3, -0.25) is 4.79 Å². The van der Waals surface area contributed by atoms with Crippen molar-refractivity contribution >= 4 is 29.3 Å². The molecule has 7 heteroatoms. The van der Waals surface area contributed by atoms with E-state index in [-0.39, 0.29) is 11.7 Å². The number of rotatable bonds is 6. The lowest BCUT2D eigenvalue weighted by atomic mass is 10.2. The van der Waals surface area contributed by atoms with Crippen LogP contribution in [-0.2, 0) is 4.79 Å². The first-order valence-corrected chi connectivity index (χ1v) is 7.90. The van der Waals surface area contributed by atoms with E-state index in [0.717, 1.165) is 5.56 Å². The smallest absolute Gasteiger partial charge is 0.277 e. The van der Waals surface area contributed by atoms with Gasteiger partial charge < -0.3 is 9.73 Å². The number of nitrogens with zero attached hydrogens (tertiary/aromatic N) is 2. The minimum absolute atomic E-state index is 0.0417. The third-order valence-electron chi connectivity index (χ3n) is 2.53. The first-order valence-electron chi connectivity index (χ1n) is 6.53. The maximum Gasteiger partial charge on any atom is 0.277 e. The molecular formula is C14H16ClN3O2S. The second-order valence-electron chi connectivity index (χ2n) is 4.87. The number of benzene rings is 1. The van der Waals surface area contributed by atoms with Crippen LogP contribution in [-0.4, -0.2) is 28.4 Å². The van der Waals surface area contributed by atoms with Gasteiger partial charge in [0.1, 0.15) is 0 Å². The monoisotopic (exact) mass is 325 g/mol. The van der Waals surface area contributed by atoms with E-state index in [4.69, 9.17) is 16.0 Å². The van der Waals surface area contributed by atoms with Gasteiger partial charge >= 0.3 is 0 Å². The number of thioether (sulfide) groups is 1.